The molecule has 5 nitrogen and oxygen atoms in total. The van der Waals surface area contributed by atoms with Gasteiger partial charge in [-0.3, -0.25) is 4.90 Å². The number of aromatic hydroxyl groups is 1. The number of aliphatic hydroxyl groups is 2. The Kier molecular flexibility index (Phi) is 3.76. The number of hydrogen-bond donors (Lipinski definition) is 3. The van der Waals surface area contributed by atoms with Crippen LogP contribution in [0.15, 0.2) is 12.1 Å². The van der Waals surface area contributed by atoms with E-state index in [1.807, 2.05) is 6.92 Å². The average molecular weight is 454 g/mol. The summed E-state index contributed by atoms with van der Waals surface area (Å²) in [6.07, 6.45) is 6.71. The first-order valence-electron chi connectivity index (χ1n) is 13.2. The molecule has 7 atom stereocenters. The van der Waals surface area contributed by atoms with E-state index in [1.54, 1.807) is 6.07 Å². The van der Waals surface area contributed by atoms with Gasteiger partial charge in [-0.15, -0.1) is 0 Å². The number of phenols is 1. The summed E-state index contributed by atoms with van der Waals surface area (Å²) in [6, 6.07) is 4.30. The van der Waals surface area contributed by atoms with Gasteiger partial charge in [-0.2, -0.15) is 0 Å². The molecule has 4 saturated carbocycles. The first-order valence-corrected chi connectivity index (χ1v) is 13.2. The normalized spacial score (nSPS) is 44.8. The van der Waals surface area contributed by atoms with Crippen molar-refractivity contribution in [1.82, 2.24) is 4.90 Å². The molecule has 33 heavy (non-hydrogen) atoms. The summed E-state index contributed by atoms with van der Waals surface area (Å²) in [5, 5.41) is 35.3. The van der Waals surface area contributed by atoms with Crippen LogP contribution in [0.3, 0.4) is 0 Å². The predicted octanol–water partition coefficient (Wildman–Crippen LogP) is 3.76. The van der Waals surface area contributed by atoms with E-state index in [2.05, 4.69) is 31.7 Å². The van der Waals surface area contributed by atoms with Crippen molar-refractivity contribution >= 4 is 0 Å². The van der Waals surface area contributed by atoms with Crippen molar-refractivity contribution in [3.63, 3.8) is 0 Å². The first kappa shape index (κ1) is 21.0. The quantitative estimate of drug-likeness (QED) is 0.650. The second-order valence-electron chi connectivity index (χ2n) is 13.6. The van der Waals surface area contributed by atoms with E-state index >= 15 is 0 Å². The van der Waals surface area contributed by atoms with Gasteiger partial charge in [0.25, 0.3) is 0 Å². The Morgan fingerprint density at radius 3 is 2.58 bits per heavy atom. The Labute approximate surface area is 197 Å². The smallest absolute Gasteiger partial charge is 0.165 e. The third kappa shape index (κ3) is 2.22. The lowest BCUT2D eigenvalue weighted by atomic mass is 9.33. The fraction of sp³-hybridized carbons (Fsp3) is 0.786. The van der Waals surface area contributed by atoms with Crippen molar-refractivity contribution in [3.8, 4) is 11.5 Å². The van der Waals surface area contributed by atoms with Gasteiger partial charge >= 0.3 is 0 Å². The lowest BCUT2D eigenvalue weighted by molar-refractivity contribution is -0.305. The lowest BCUT2D eigenvalue weighted by Gasteiger charge is -2.75. The number of rotatable bonds is 3. The molecule has 0 radical (unpaired) electrons. The van der Waals surface area contributed by atoms with Crippen LogP contribution in [-0.4, -0.2) is 56.7 Å². The molecule has 5 heteroatoms. The predicted molar refractivity (Wildman–Crippen MR) is 125 cm³/mol. The molecular formula is C28H39NO4. The van der Waals surface area contributed by atoms with Crippen molar-refractivity contribution in [2.75, 3.05) is 13.1 Å². The highest BCUT2D eigenvalue weighted by atomic mass is 16.5. The Bertz CT molecular complexity index is 1040. The van der Waals surface area contributed by atoms with E-state index < -0.39 is 17.3 Å². The largest absolute Gasteiger partial charge is 0.504 e. The number of nitrogens with zero attached hydrogens (tertiary/aromatic N) is 1. The van der Waals surface area contributed by atoms with Crippen LogP contribution in [0.5, 0.6) is 11.5 Å². The highest BCUT2D eigenvalue weighted by molar-refractivity contribution is 5.63. The lowest BCUT2D eigenvalue weighted by Crippen LogP contribution is -2.82. The highest BCUT2D eigenvalue weighted by Crippen LogP contribution is 2.77. The molecule has 1 saturated heterocycles. The number of benzene rings is 1. The molecule has 7 aliphatic rings. The Hall–Kier alpha value is -1.30. The molecule has 2 aliphatic heterocycles. The van der Waals surface area contributed by atoms with Gasteiger partial charge < -0.3 is 20.1 Å². The maximum Gasteiger partial charge on any atom is 0.165 e. The van der Waals surface area contributed by atoms with Crippen LogP contribution in [0.2, 0.25) is 0 Å². The molecule has 0 aromatic heterocycles. The molecule has 5 aliphatic carbocycles. The maximum atomic E-state index is 12.5. The van der Waals surface area contributed by atoms with E-state index in [0.717, 1.165) is 38.1 Å². The molecule has 2 spiro atoms. The number of piperidine rings is 1. The van der Waals surface area contributed by atoms with Gasteiger partial charge in [-0.05, 0) is 81.4 Å². The van der Waals surface area contributed by atoms with Crippen molar-refractivity contribution in [1.29, 1.82) is 0 Å². The summed E-state index contributed by atoms with van der Waals surface area (Å²) in [5.41, 5.74) is -0.323. The van der Waals surface area contributed by atoms with Crippen LogP contribution >= 0.6 is 0 Å². The summed E-state index contributed by atoms with van der Waals surface area (Å²) in [5.74, 6) is 1.39. The fourth-order valence-corrected chi connectivity index (χ4v) is 9.26. The Morgan fingerprint density at radius 1 is 1.12 bits per heavy atom. The van der Waals surface area contributed by atoms with Gasteiger partial charge in [0.1, 0.15) is 11.7 Å². The summed E-state index contributed by atoms with van der Waals surface area (Å²) in [4.78, 5) is 2.77. The molecule has 3 N–H and O–H groups in total. The maximum absolute atomic E-state index is 12.5. The van der Waals surface area contributed by atoms with Crippen LogP contribution in [-0.2, 0) is 11.8 Å². The van der Waals surface area contributed by atoms with Crippen LogP contribution < -0.4 is 4.74 Å². The second-order valence-corrected chi connectivity index (χ2v) is 13.6. The number of likely N-dealkylation sites (tertiary alicyclic amines) is 1. The SMILES string of the molecule is CC(C)(C)[C@@](C)(O)[C@H]1C[C@@]23CC[C@]1(O)[C@H]1Oc4c(O)ccc5c4[C@@]12CCN(CC1CC1)[C@@H]3C5. The van der Waals surface area contributed by atoms with Crippen molar-refractivity contribution in [2.45, 2.75) is 101 Å². The zero-order chi connectivity index (χ0) is 23.2. The molecule has 1 aromatic rings. The van der Waals surface area contributed by atoms with Gasteiger partial charge in [-0.25, -0.2) is 0 Å². The summed E-state index contributed by atoms with van der Waals surface area (Å²) in [6.45, 7) is 10.4. The summed E-state index contributed by atoms with van der Waals surface area (Å²) in [7, 11) is 0. The number of ether oxygens (including phenoxy) is 1. The standard InChI is InChI=1S/C28H39NO4/c1-24(2,3)25(4,31)19-14-26-9-10-28(19,32)23-27(26)11-12-29(15-16-5-6-16)20(26)13-17-7-8-18(30)22(33-23)21(17)27/h7-8,16,19-20,23,30-32H,5-6,9-15H2,1-4H3/t19-,20-,23+,25+,26-,27+,28-/m1/s1. The fourth-order valence-electron chi connectivity index (χ4n) is 9.26. The minimum Gasteiger partial charge on any atom is -0.504 e. The summed E-state index contributed by atoms with van der Waals surface area (Å²) >= 11 is 0. The van der Waals surface area contributed by atoms with Crippen LogP contribution in [0.4, 0.5) is 0 Å². The van der Waals surface area contributed by atoms with Crippen molar-refractivity contribution in [3.05, 3.63) is 23.3 Å². The highest BCUT2D eigenvalue weighted by Gasteiger charge is 2.81. The molecule has 0 amide bonds. The molecule has 8 rings (SSSR count). The Morgan fingerprint density at radius 2 is 1.88 bits per heavy atom. The van der Waals surface area contributed by atoms with Gasteiger partial charge in [-0.1, -0.05) is 26.8 Å². The zero-order valence-electron chi connectivity index (χ0n) is 20.5. The number of phenolic OH excluding ortho intramolecular Hbond substituents is 1. The topological polar surface area (TPSA) is 73.2 Å². The van der Waals surface area contributed by atoms with Gasteiger partial charge in [0, 0.05) is 34.9 Å². The first-order chi connectivity index (χ1) is 15.5. The third-order valence-electron chi connectivity index (χ3n) is 11.5. The Balaban J connectivity index is 1.46. The van der Waals surface area contributed by atoms with Crippen LogP contribution in [0, 0.1) is 22.7 Å². The van der Waals surface area contributed by atoms with Crippen LogP contribution in [0.1, 0.15) is 77.3 Å². The molecule has 2 heterocycles. The van der Waals surface area contributed by atoms with Crippen molar-refractivity contribution < 1.29 is 20.1 Å². The minimum atomic E-state index is -1.11. The molecule has 1 aromatic carbocycles. The van der Waals surface area contributed by atoms with Gasteiger partial charge in [0.05, 0.1) is 5.60 Å². The van der Waals surface area contributed by atoms with Crippen molar-refractivity contribution in [2.24, 2.45) is 22.7 Å². The monoisotopic (exact) mass is 453 g/mol. The summed E-state index contributed by atoms with van der Waals surface area (Å²) < 4.78 is 6.68. The van der Waals surface area contributed by atoms with E-state index in [9.17, 15) is 15.3 Å². The third-order valence-corrected chi connectivity index (χ3v) is 11.5. The van der Waals surface area contributed by atoms with E-state index in [-0.39, 0.29) is 27.9 Å². The molecule has 180 valence electrons. The van der Waals surface area contributed by atoms with E-state index in [1.165, 1.54) is 30.5 Å². The number of fused-ring (bicyclic) bond motifs is 2. The average Bonchev–Trinajstić information content (AvgIpc) is 3.48. The molecule has 0 unspecified atom stereocenters. The van der Waals surface area contributed by atoms with E-state index in [4.69, 9.17) is 4.74 Å². The number of hydrogen-bond acceptors (Lipinski definition) is 5. The zero-order valence-corrected chi connectivity index (χ0v) is 20.5. The molecule has 5 fully saturated rings. The second kappa shape index (κ2) is 5.91. The van der Waals surface area contributed by atoms with Crippen LogP contribution in [0.25, 0.3) is 0 Å². The molecular weight excluding hydrogens is 414 g/mol. The van der Waals surface area contributed by atoms with Gasteiger partial charge in [0.2, 0.25) is 0 Å². The minimum absolute atomic E-state index is 0.0404. The van der Waals surface area contributed by atoms with E-state index in [0.29, 0.717) is 18.2 Å². The molecule has 4 bridgehead atoms. The van der Waals surface area contributed by atoms with Gasteiger partial charge in [0.15, 0.2) is 11.5 Å².